The highest BCUT2D eigenvalue weighted by Gasteiger charge is 2.29. The van der Waals surface area contributed by atoms with Crippen molar-refractivity contribution in [2.24, 2.45) is 5.92 Å². The van der Waals surface area contributed by atoms with Crippen molar-refractivity contribution in [3.05, 3.63) is 52.4 Å². The van der Waals surface area contributed by atoms with Gasteiger partial charge in [-0.15, -0.1) is 0 Å². The Morgan fingerprint density at radius 3 is 2.90 bits per heavy atom. The first kappa shape index (κ1) is 13.1. The average Bonchev–Trinajstić information content (AvgIpc) is 2.44. The average molecular weight is 329 g/mol. The monoisotopic (exact) mass is 328 g/mol. The zero-order chi connectivity index (χ0) is 13.9. The van der Waals surface area contributed by atoms with E-state index < -0.39 is 0 Å². The maximum Gasteiger partial charge on any atom is 0.149 e. The molecule has 3 rings (SSSR count). The molecule has 1 fully saturated rings. The second-order valence-electron chi connectivity index (χ2n) is 4.94. The fourth-order valence-corrected chi connectivity index (χ4v) is 2.95. The largest absolute Gasteiger partial charge is 0.355 e. The van der Waals surface area contributed by atoms with Crippen molar-refractivity contribution in [1.29, 1.82) is 5.26 Å². The van der Waals surface area contributed by atoms with E-state index in [0.29, 0.717) is 11.5 Å². The lowest BCUT2D eigenvalue weighted by Gasteiger charge is -2.40. The fourth-order valence-electron chi connectivity index (χ4n) is 2.50. The number of anilines is 1. The molecule has 5 heteroatoms. The highest BCUT2D eigenvalue weighted by molar-refractivity contribution is 9.10. The Labute approximate surface area is 126 Å². The molecule has 0 atom stereocenters. The molecule has 0 amide bonds. The lowest BCUT2D eigenvalue weighted by molar-refractivity contribution is 0.404. The summed E-state index contributed by atoms with van der Waals surface area (Å²) in [5.41, 5.74) is 1.88. The fraction of sp³-hybridized carbons (Fsp3) is 0.267. The van der Waals surface area contributed by atoms with Gasteiger partial charge in [0, 0.05) is 17.6 Å². The van der Waals surface area contributed by atoms with E-state index in [1.807, 2.05) is 6.07 Å². The smallest absolute Gasteiger partial charge is 0.149 e. The lowest BCUT2D eigenvalue weighted by atomic mass is 9.92. The third-order valence-electron chi connectivity index (χ3n) is 3.53. The van der Waals surface area contributed by atoms with Gasteiger partial charge in [-0.1, -0.05) is 34.1 Å². The predicted molar refractivity (Wildman–Crippen MR) is 80.3 cm³/mol. The number of halogens is 1. The van der Waals surface area contributed by atoms with Crippen molar-refractivity contribution in [2.45, 2.75) is 6.42 Å². The molecule has 0 bridgehead atoms. The molecule has 20 heavy (non-hydrogen) atoms. The first-order valence-corrected chi connectivity index (χ1v) is 7.25. The predicted octanol–water partition coefficient (Wildman–Crippen LogP) is 2.79. The summed E-state index contributed by atoms with van der Waals surface area (Å²) in [6, 6.07) is 10.5. The van der Waals surface area contributed by atoms with Gasteiger partial charge in [0.25, 0.3) is 0 Å². The molecule has 0 N–H and O–H groups in total. The molecule has 100 valence electrons. The van der Waals surface area contributed by atoms with Gasteiger partial charge in [0.05, 0.1) is 6.20 Å². The maximum absolute atomic E-state index is 9.06. The van der Waals surface area contributed by atoms with Crippen LogP contribution in [0.5, 0.6) is 0 Å². The summed E-state index contributed by atoms with van der Waals surface area (Å²) in [5, 5.41) is 9.06. The van der Waals surface area contributed by atoms with Gasteiger partial charge < -0.3 is 4.90 Å². The number of nitriles is 1. The maximum atomic E-state index is 9.06. The number of rotatable bonds is 3. The van der Waals surface area contributed by atoms with Crippen LogP contribution in [0.15, 0.2) is 41.3 Å². The van der Waals surface area contributed by atoms with Gasteiger partial charge >= 0.3 is 0 Å². The van der Waals surface area contributed by atoms with Crippen molar-refractivity contribution < 1.29 is 0 Å². The topological polar surface area (TPSA) is 52.8 Å². The van der Waals surface area contributed by atoms with Gasteiger partial charge in [-0.2, -0.15) is 5.26 Å². The highest BCUT2D eigenvalue weighted by Crippen LogP contribution is 2.29. The van der Waals surface area contributed by atoms with Crippen LogP contribution in [-0.4, -0.2) is 23.1 Å². The third-order valence-corrected chi connectivity index (χ3v) is 4.31. The van der Waals surface area contributed by atoms with E-state index in [-0.39, 0.29) is 0 Å². The van der Waals surface area contributed by atoms with Gasteiger partial charge in [-0.25, -0.2) is 9.97 Å². The van der Waals surface area contributed by atoms with Crippen LogP contribution < -0.4 is 4.90 Å². The summed E-state index contributed by atoms with van der Waals surface area (Å²) in [7, 11) is 0. The number of hydrogen-bond acceptors (Lipinski definition) is 4. The molecule has 0 saturated carbocycles. The van der Waals surface area contributed by atoms with E-state index in [1.165, 1.54) is 16.4 Å². The van der Waals surface area contributed by atoms with Crippen LogP contribution in [0, 0.1) is 17.2 Å². The van der Waals surface area contributed by atoms with Crippen LogP contribution in [0.4, 0.5) is 5.82 Å². The molecule has 0 unspecified atom stereocenters. The molecule has 1 aromatic heterocycles. The molecule has 4 nitrogen and oxygen atoms in total. The summed E-state index contributed by atoms with van der Waals surface area (Å²) in [6.07, 6.45) is 4.12. The van der Waals surface area contributed by atoms with Crippen molar-refractivity contribution >= 4 is 21.7 Å². The zero-order valence-corrected chi connectivity index (χ0v) is 12.4. The Morgan fingerprint density at radius 1 is 1.35 bits per heavy atom. The van der Waals surface area contributed by atoms with E-state index in [1.54, 1.807) is 6.20 Å². The van der Waals surface area contributed by atoms with Crippen molar-refractivity contribution in [3.63, 3.8) is 0 Å². The van der Waals surface area contributed by atoms with Gasteiger partial charge in [0.1, 0.15) is 23.8 Å². The van der Waals surface area contributed by atoms with E-state index in [0.717, 1.165) is 25.3 Å². The molecule has 1 aliphatic heterocycles. The van der Waals surface area contributed by atoms with E-state index in [4.69, 9.17) is 5.26 Å². The Morgan fingerprint density at radius 2 is 2.15 bits per heavy atom. The standard InChI is InChI=1S/C15H13BrN4/c16-14-4-2-1-3-12(14)5-11-8-20(9-11)15-13(6-17)7-18-10-19-15/h1-4,7,10-11H,5,8-9H2. The first-order valence-electron chi connectivity index (χ1n) is 6.46. The van der Waals surface area contributed by atoms with Gasteiger partial charge in [-0.3, -0.25) is 0 Å². The van der Waals surface area contributed by atoms with E-state index in [9.17, 15) is 0 Å². The molecule has 0 radical (unpaired) electrons. The van der Waals surface area contributed by atoms with Crippen molar-refractivity contribution in [3.8, 4) is 6.07 Å². The van der Waals surface area contributed by atoms with Gasteiger partial charge in [0.2, 0.25) is 0 Å². The number of hydrogen-bond donors (Lipinski definition) is 0. The molecular weight excluding hydrogens is 316 g/mol. The van der Waals surface area contributed by atoms with E-state index in [2.05, 4.69) is 55.1 Å². The van der Waals surface area contributed by atoms with Crippen molar-refractivity contribution in [2.75, 3.05) is 18.0 Å². The number of aromatic nitrogens is 2. The quantitative estimate of drug-likeness (QED) is 0.869. The second-order valence-corrected chi connectivity index (χ2v) is 5.79. The summed E-state index contributed by atoms with van der Waals surface area (Å²) in [5.74, 6) is 1.36. The van der Waals surface area contributed by atoms with Crippen LogP contribution in [0.25, 0.3) is 0 Å². The molecule has 2 heterocycles. The SMILES string of the molecule is N#Cc1cncnc1N1CC(Cc2ccccc2Br)C1. The molecule has 1 aliphatic rings. The normalized spacial score (nSPS) is 14.7. The number of nitrogens with zero attached hydrogens (tertiary/aromatic N) is 4. The summed E-state index contributed by atoms with van der Waals surface area (Å²) in [4.78, 5) is 10.2. The summed E-state index contributed by atoms with van der Waals surface area (Å²) < 4.78 is 1.17. The molecule has 1 aromatic carbocycles. The number of benzene rings is 1. The summed E-state index contributed by atoms with van der Waals surface area (Å²) in [6.45, 7) is 1.88. The van der Waals surface area contributed by atoms with Crippen molar-refractivity contribution in [1.82, 2.24) is 9.97 Å². The highest BCUT2D eigenvalue weighted by atomic mass is 79.9. The first-order chi connectivity index (χ1) is 9.78. The Balaban J connectivity index is 1.65. The van der Waals surface area contributed by atoms with Gasteiger partial charge in [-0.05, 0) is 24.0 Å². The van der Waals surface area contributed by atoms with Crippen LogP contribution in [-0.2, 0) is 6.42 Å². The van der Waals surface area contributed by atoms with Crippen LogP contribution in [0.3, 0.4) is 0 Å². The summed E-state index contributed by atoms with van der Waals surface area (Å²) >= 11 is 3.58. The third kappa shape index (κ3) is 2.52. The second kappa shape index (κ2) is 5.59. The van der Waals surface area contributed by atoms with Gasteiger partial charge in [0.15, 0.2) is 0 Å². The van der Waals surface area contributed by atoms with Crippen LogP contribution >= 0.6 is 15.9 Å². The minimum absolute atomic E-state index is 0.548. The van der Waals surface area contributed by atoms with Crippen LogP contribution in [0.2, 0.25) is 0 Å². The molecule has 1 saturated heterocycles. The molecule has 0 spiro atoms. The minimum atomic E-state index is 0.548. The Hall–Kier alpha value is -1.93. The minimum Gasteiger partial charge on any atom is -0.355 e. The Bertz CT molecular complexity index is 659. The lowest BCUT2D eigenvalue weighted by Crippen LogP contribution is -2.48. The molecule has 0 aliphatic carbocycles. The molecule has 2 aromatic rings. The molecular formula is C15H13BrN4. The van der Waals surface area contributed by atoms with Crippen LogP contribution in [0.1, 0.15) is 11.1 Å². The Kier molecular flexibility index (Phi) is 3.66. The van der Waals surface area contributed by atoms with E-state index >= 15 is 0 Å². The zero-order valence-electron chi connectivity index (χ0n) is 10.8.